The molecule has 0 aliphatic heterocycles. The van der Waals surface area contributed by atoms with Crippen molar-refractivity contribution < 1.29 is 19.2 Å². The van der Waals surface area contributed by atoms with E-state index in [1.807, 2.05) is 0 Å². The van der Waals surface area contributed by atoms with Crippen LogP contribution in [0.25, 0.3) is 0 Å². The van der Waals surface area contributed by atoms with Crippen molar-refractivity contribution in [3.63, 3.8) is 0 Å². The van der Waals surface area contributed by atoms with Crippen molar-refractivity contribution in [3.05, 3.63) is 58.7 Å². The summed E-state index contributed by atoms with van der Waals surface area (Å²) in [5.41, 5.74) is 1.40. The van der Waals surface area contributed by atoms with Crippen molar-refractivity contribution in [3.8, 4) is 0 Å². The second kappa shape index (κ2) is 15.1. The predicted octanol–water partition coefficient (Wildman–Crippen LogP) is 4.68. The Morgan fingerprint density at radius 1 is 0.605 bits per heavy atom. The molecule has 38 heavy (non-hydrogen) atoms. The highest BCUT2D eigenvalue weighted by molar-refractivity contribution is 6.32. The minimum absolute atomic E-state index is 0.122. The van der Waals surface area contributed by atoms with E-state index in [2.05, 4.69) is 35.1 Å². The molecule has 3 rings (SSSR count). The van der Waals surface area contributed by atoms with Crippen LogP contribution < -0.4 is 21.3 Å². The highest BCUT2D eigenvalue weighted by atomic mass is 16.2. The number of unbranched alkanes of at least 4 members (excludes halogenated alkanes) is 6. The summed E-state index contributed by atoms with van der Waals surface area (Å²) >= 11 is 0. The van der Waals surface area contributed by atoms with E-state index in [0.29, 0.717) is 11.4 Å². The van der Waals surface area contributed by atoms with Gasteiger partial charge in [-0.15, -0.1) is 0 Å². The number of amides is 2. The normalized spacial score (nSPS) is 12.2. The molecule has 1 aliphatic carbocycles. The molecule has 0 saturated heterocycles. The van der Waals surface area contributed by atoms with Gasteiger partial charge in [-0.1, -0.05) is 76.6 Å². The zero-order valence-corrected chi connectivity index (χ0v) is 22.6. The fourth-order valence-electron chi connectivity index (χ4n) is 4.60. The summed E-state index contributed by atoms with van der Waals surface area (Å²) in [7, 11) is 0. The smallest absolute Gasteiger partial charge is 0.238 e. The van der Waals surface area contributed by atoms with E-state index in [1.165, 1.54) is 12.8 Å². The third kappa shape index (κ3) is 7.82. The van der Waals surface area contributed by atoms with Gasteiger partial charge in [0.1, 0.15) is 0 Å². The van der Waals surface area contributed by atoms with E-state index in [-0.39, 0.29) is 58.7 Å². The third-order valence-electron chi connectivity index (χ3n) is 6.61. The Labute approximate surface area is 225 Å². The van der Waals surface area contributed by atoms with Crippen LogP contribution in [-0.2, 0) is 9.59 Å². The average molecular weight is 521 g/mol. The van der Waals surface area contributed by atoms with Gasteiger partial charge in [0.05, 0.1) is 35.6 Å². The summed E-state index contributed by atoms with van der Waals surface area (Å²) in [6.45, 7) is 6.03. The number of benzene rings is 2. The molecule has 0 saturated carbocycles. The third-order valence-corrected chi connectivity index (χ3v) is 6.61. The Morgan fingerprint density at radius 3 is 1.42 bits per heavy atom. The highest BCUT2D eigenvalue weighted by Gasteiger charge is 2.34. The Bertz CT molecular complexity index is 1060. The summed E-state index contributed by atoms with van der Waals surface area (Å²) in [5, 5.41) is 11.8. The molecule has 2 aromatic carbocycles. The van der Waals surface area contributed by atoms with Crippen LogP contribution in [0.15, 0.2) is 36.4 Å². The molecule has 4 N–H and O–H groups in total. The number of ketones is 2. The van der Waals surface area contributed by atoms with Gasteiger partial charge in [0.15, 0.2) is 11.6 Å². The summed E-state index contributed by atoms with van der Waals surface area (Å²) < 4.78 is 0. The van der Waals surface area contributed by atoms with Crippen LogP contribution in [-0.4, -0.2) is 49.6 Å². The molecule has 0 radical (unpaired) electrons. The van der Waals surface area contributed by atoms with Crippen LogP contribution in [0, 0.1) is 0 Å². The van der Waals surface area contributed by atoms with Crippen LogP contribution in [0.3, 0.4) is 0 Å². The first-order valence-electron chi connectivity index (χ1n) is 13.8. The Morgan fingerprint density at radius 2 is 1.03 bits per heavy atom. The van der Waals surface area contributed by atoms with Crippen LogP contribution in [0.2, 0.25) is 0 Å². The second-order valence-electron chi connectivity index (χ2n) is 9.69. The molecule has 8 heteroatoms. The Balaban J connectivity index is 1.67. The number of hydrogen-bond donors (Lipinski definition) is 4. The van der Waals surface area contributed by atoms with Gasteiger partial charge in [-0.05, 0) is 38.1 Å². The number of carbonyl (C=O) groups excluding carboxylic acids is 4. The van der Waals surface area contributed by atoms with Gasteiger partial charge in [-0.3, -0.25) is 19.2 Å². The molecule has 0 unspecified atom stereocenters. The van der Waals surface area contributed by atoms with Crippen LogP contribution in [0.5, 0.6) is 0 Å². The van der Waals surface area contributed by atoms with Gasteiger partial charge in [0, 0.05) is 11.1 Å². The molecule has 204 valence electrons. The molecular formula is C30H40N4O4. The number of fused-ring (bicyclic) bond motifs is 2. The predicted molar refractivity (Wildman–Crippen MR) is 151 cm³/mol. The van der Waals surface area contributed by atoms with Gasteiger partial charge in [-0.2, -0.15) is 0 Å². The van der Waals surface area contributed by atoms with E-state index in [4.69, 9.17) is 0 Å². The quantitative estimate of drug-likeness (QED) is 0.204. The largest absolute Gasteiger partial charge is 0.324 e. The maximum atomic E-state index is 13.5. The molecule has 0 bridgehead atoms. The first kappa shape index (κ1) is 29.2. The first-order chi connectivity index (χ1) is 18.5. The minimum Gasteiger partial charge on any atom is -0.324 e. The van der Waals surface area contributed by atoms with Crippen molar-refractivity contribution in [2.45, 2.75) is 65.2 Å². The van der Waals surface area contributed by atoms with E-state index >= 15 is 0 Å². The van der Waals surface area contributed by atoms with Gasteiger partial charge in [0.2, 0.25) is 11.8 Å². The molecule has 1 aliphatic rings. The number of hydrogen-bond acceptors (Lipinski definition) is 6. The van der Waals surface area contributed by atoms with Crippen molar-refractivity contribution >= 4 is 34.8 Å². The highest BCUT2D eigenvalue weighted by Crippen LogP contribution is 2.35. The fourth-order valence-corrected chi connectivity index (χ4v) is 4.60. The van der Waals surface area contributed by atoms with Crippen molar-refractivity contribution in [1.29, 1.82) is 0 Å². The lowest BCUT2D eigenvalue weighted by Crippen LogP contribution is -2.31. The molecule has 0 heterocycles. The lowest BCUT2D eigenvalue weighted by molar-refractivity contribution is -0.116. The number of anilines is 2. The van der Waals surface area contributed by atoms with Crippen LogP contribution >= 0.6 is 0 Å². The summed E-state index contributed by atoms with van der Waals surface area (Å²) in [6.07, 6.45) is 8.88. The molecule has 2 amide bonds. The van der Waals surface area contributed by atoms with E-state index in [0.717, 1.165) is 51.6 Å². The lowest BCUT2D eigenvalue weighted by atomic mass is 9.82. The molecule has 0 fully saturated rings. The maximum absolute atomic E-state index is 13.5. The van der Waals surface area contributed by atoms with Gasteiger partial charge >= 0.3 is 0 Å². The summed E-state index contributed by atoms with van der Waals surface area (Å²) in [4.78, 5) is 52.1. The molecule has 2 aromatic rings. The summed E-state index contributed by atoms with van der Waals surface area (Å²) in [6, 6.07) is 9.71. The average Bonchev–Trinajstić information content (AvgIpc) is 2.91. The Kier molecular flexibility index (Phi) is 11.6. The zero-order chi connectivity index (χ0) is 27.3. The van der Waals surface area contributed by atoms with Crippen molar-refractivity contribution in [1.82, 2.24) is 10.6 Å². The number of rotatable bonds is 16. The molecule has 0 aromatic heterocycles. The second-order valence-corrected chi connectivity index (χ2v) is 9.69. The number of carbonyl (C=O) groups is 4. The fraction of sp³-hybridized carbons (Fsp3) is 0.467. The van der Waals surface area contributed by atoms with Crippen molar-refractivity contribution in [2.24, 2.45) is 0 Å². The van der Waals surface area contributed by atoms with E-state index in [1.54, 1.807) is 36.4 Å². The van der Waals surface area contributed by atoms with Gasteiger partial charge < -0.3 is 21.3 Å². The first-order valence-corrected chi connectivity index (χ1v) is 13.8. The standard InChI is InChI=1S/C30H40N4O4/c1-3-5-7-9-17-31-19-25(35)33-23-15-11-13-21-27(23)29(37)22-14-12-16-24(28(22)30(21)38)34-26(36)20-32-18-10-8-6-4-2/h11-16,31-32H,3-10,17-20H2,1-2H3,(H,33,35)(H,34,36). The van der Waals surface area contributed by atoms with Crippen LogP contribution in [0.4, 0.5) is 11.4 Å². The SMILES string of the molecule is CCCCCCNCC(=O)Nc1cccc2c1C(=O)c1cccc(NC(=O)CNCCCCCC)c1C2=O. The van der Waals surface area contributed by atoms with E-state index < -0.39 is 0 Å². The lowest BCUT2D eigenvalue weighted by Gasteiger charge is -2.22. The molecule has 8 nitrogen and oxygen atoms in total. The Hall–Kier alpha value is -3.36. The summed E-state index contributed by atoms with van der Waals surface area (Å²) in [5.74, 6) is -1.27. The van der Waals surface area contributed by atoms with E-state index in [9.17, 15) is 19.2 Å². The maximum Gasteiger partial charge on any atom is 0.238 e. The van der Waals surface area contributed by atoms with Gasteiger partial charge in [-0.25, -0.2) is 0 Å². The topological polar surface area (TPSA) is 116 Å². The molecule has 0 atom stereocenters. The zero-order valence-electron chi connectivity index (χ0n) is 22.6. The van der Waals surface area contributed by atoms with Crippen molar-refractivity contribution in [2.75, 3.05) is 36.8 Å². The monoisotopic (exact) mass is 520 g/mol. The molecular weight excluding hydrogens is 480 g/mol. The number of nitrogens with one attached hydrogen (secondary N) is 4. The van der Waals surface area contributed by atoms with Crippen LogP contribution in [0.1, 0.15) is 97.1 Å². The minimum atomic E-state index is -0.358. The molecule has 0 spiro atoms. The van der Waals surface area contributed by atoms with Gasteiger partial charge in [0.25, 0.3) is 0 Å².